The van der Waals surface area contributed by atoms with Crippen molar-refractivity contribution < 1.29 is 19.4 Å². The number of β-amino-alcohol motifs (C(OH)–C–C–N with tert-alkyl or cyclic N) is 1. The van der Waals surface area contributed by atoms with Gasteiger partial charge in [0.2, 0.25) is 5.91 Å². The van der Waals surface area contributed by atoms with Gasteiger partial charge in [0, 0.05) is 45.6 Å². The summed E-state index contributed by atoms with van der Waals surface area (Å²) in [5.74, 6) is 0.300. The fourth-order valence-electron chi connectivity index (χ4n) is 3.52. The van der Waals surface area contributed by atoms with Crippen LogP contribution in [0.2, 0.25) is 0 Å². The molecule has 134 valence electrons. The van der Waals surface area contributed by atoms with Gasteiger partial charge >= 0.3 is 0 Å². The summed E-state index contributed by atoms with van der Waals surface area (Å²) >= 11 is 0. The van der Waals surface area contributed by atoms with Crippen molar-refractivity contribution in [3.8, 4) is 0 Å². The number of amides is 2. The summed E-state index contributed by atoms with van der Waals surface area (Å²) in [4.78, 5) is 28.6. The van der Waals surface area contributed by atoms with Gasteiger partial charge in [-0.3, -0.25) is 14.5 Å². The van der Waals surface area contributed by atoms with Crippen LogP contribution >= 0.6 is 0 Å². The maximum atomic E-state index is 12.7. The number of rotatable bonds is 5. The van der Waals surface area contributed by atoms with Gasteiger partial charge in [-0.25, -0.2) is 5.01 Å². The fraction of sp³-hybridized carbons (Fsp3) is 0.812. The number of carbonyl (C=O) groups excluding carboxylic acids is 2. The largest absolute Gasteiger partial charge is 0.394 e. The monoisotopic (exact) mass is 338 g/mol. The van der Waals surface area contributed by atoms with Gasteiger partial charge in [-0.05, 0) is 12.3 Å². The minimum atomic E-state index is -0.151. The van der Waals surface area contributed by atoms with Crippen molar-refractivity contribution in [1.82, 2.24) is 14.8 Å². The van der Waals surface area contributed by atoms with Crippen LogP contribution in [0.25, 0.3) is 0 Å². The predicted octanol–water partition coefficient (Wildman–Crippen LogP) is -0.862. The zero-order valence-corrected chi connectivity index (χ0v) is 14.0. The summed E-state index contributed by atoms with van der Waals surface area (Å²) in [6.45, 7) is 6.03. The molecule has 0 bridgehead atoms. The third-order valence-corrected chi connectivity index (χ3v) is 4.86. The Labute approximate surface area is 142 Å². The number of hydrogen-bond acceptors (Lipinski definition) is 6. The van der Waals surface area contributed by atoms with Crippen molar-refractivity contribution in [1.29, 1.82) is 0 Å². The average Bonchev–Trinajstić information content (AvgIpc) is 3.06. The van der Waals surface area contributed by atoms with E-state index < -0.39 is 0 Å². The number of hydrazone groups is 1. The number of ether oxygens (including phenoxy) is 1. The first kappa shape index (κ1) is 17.3. The highest BCUT2D eigenvalue weighted by Gasteiger charge is 2.32. The lowest BCUT2D eigenvalue weighted by molar-refractivity contribution is -0.132. The molecule has 3 heterocycles. The first-order chi connectivity index (χ1) is 11.7. The van der Waals surface area contributed by atoms with Gasteiger partial charge < -0.3 is 14.7 Å². The summed E-state index contributed by atoms with van der Waals surface area (Å²) in [5, 5.41) is 14.4. The van der Waals surface area contributed by atoms with Gasteiger partial charge in [0.15, 0.2) is 0 Å². The third-order valence-electron chi connectivity index (χ3n) is 4.86. The Hall–Kier alpha value is -1.51. The number of hydrogen-bond donors (Lipinski definition) is 1. The molecule has 2 fully saturated rings. The van der Waals surface area contributed by atoms with E-state index in [1.54, 1.807) is 0 Å². The van der Waals surface area contributed by atoms with Crippen molar-refractivity contribution in [2.24, 2.45) is 11.0 Å². The highest BCUT2D eigenvalue weighted by Crippen LogP contribution is 2.20. The molecule has 0 radical (unpaired) electrons. The summed E-state index contributed by atoms with van der Waals surface area (Å²) in [5.41, 5.74) is 0.440. The topological polar surface area (TPSA) is 85.7 Å². The van der Waals surface area contributed by atoms with Crippen molar-refractivity contribution in [2.45, 2.75) is 19.3 Å². The zero-order valence-electron chi connectivity index (χ0n) is 14.0. The van der Waals surface area contributed by atoms with Crippen LogP contribution in [0.5, 0.6) is 0 Å². The van der Waals surface area contributed by atoms with Crippen LogP contribution in [0.4, 0.5) is 0 Å². The van der Waals surface area contributed by atoms with Crippen LogP contribution in [0.3, 0.4) is 0 Å². The standard InChI is InChI=1S/C16H26N4O4/c21-8-5-20-15(22)2-1-14(17-20)16(23)19-4-3-13(12-19)11-18-6-9-24-10-7-18/h13,21H,1-12H2. The molecule has 8 heteroatoms. The van der Waals surface area contributed by atoms with Crippen molar-refractivity contribution in [3.63, 3.8) is 0 Å². The van der Waals surface area contributed by atoms with Crippen LogP contribution in [-0.2, 0) is 14.3 Å². The number of aliphatic hydroxyl groups is 1. The molecule has 3 aliphatic heterocycles. The molecular formula is C16H26N4O4. The Kier molecular flexibility index (Phi) is 5.80. The van der Waals surface area contributed by atoms with Crippen molar-refractivity contribution >= 4 is 17.5 Å². The highest BCUT2D eigenvalue weighted by atomic mass is 16.5. The summed E-state index contributed by atoms with van der Waals surface area (Å²) in [7, 11) is 0. The van der Waals surface area contributed by atoms with Crippen molar-refractivity contribution in [3.05, 3.63) is 0 Å². The maximum absolute atomic E-state index is 12.7. The van der Waals surface area contributed by atoms with Gasteiger partial charge in [0.25, 0.3) is 5.91 Å². The fourth-order valence-corrected chi connectivity index (χ4v) is 3.52. The number of nitrogens with zero attached hydrogens (tertiary/aromatic N) is 4. The average molecular weight is 338 g/mol. The molecule has 3 rings (SSSR count). The molecule has 0 aromatic carbocycles. The molecule has 0 aliphatic carbocycles. The van der Waals surface area contributed by atoms with Crippen LogP contribution in [0.15, 0.2) is 5.10 Å². The van der Waals surface area contributed by atoms with E-state index in [0.29, 0.717) is 18.1 Å². The number of carbonyl (C=O) groups is 2. The molecule has 1 N–H and O–H groups in total. The van der Waals surface area contributed by atoms with Gasteiger partial charge in [-0.1, -0.05) is 0 Å². The minimum absolute atomic E-state index is 0.0603. The lowest BCUT2D eigenvalue weighted by Gasteiger charge is -2.29. The van der Waals surface area contributed by atoms with E-state index >= 15 is 0 Å². The molecule has 0 aromatic rings. The second-order valence-electron chi connectivity index (χ2n) is 6.61. The normalized spacial score (nSPS) is 26.0. The Bertz CT molecular complexity index is 504. The van der Waals surface area contributed by atoms with E-state index in [0.717, 1.165) is 52.4 Å². The molecule has 0 saturated carbocycles. The molecule has 2 saturated heterocycles. The van der Waals surface area contributed by atoms with Crippen LogP contribution < -0.4 is 0 Å². The van der Waals surface area contributed by atoms with Gasteiger partial charge in [-0.15, -0.1) is 0 Å². The van der Waals surface area contributed by atoms with E-state index in [1.807, 2.05) is 4.90 Å². The maximum Gasteiger partial charge on any atom is 0.270 e. The van der Waals surface area contributed by atoms with Gasteiger partial charge in [0.05, 0.1) is 26.4 Å². The van der Waals surface area contributed by atoms with Gasteiger partial charge in [-0.2, -0.15) is 5.10 Å². The Morgan fingerprint density at radius 2 is 2.04 bits per heavy atom. The molecule has 24 heavy (non-hydrogen) atoms. The summed E-state index contributed by atoms with van der Waals surface area (Å²) in [6, 6.07) is 0. The summed E-state index contributed by atoms with van der Waals surface area (Å²) < 4.78 is 5.37. The van der Waals surface area contributed by atoms with E-state index in [4.69, 9.17) is 9.84 Å². The quantitative estimate of drug-likeness (QED) is 0.705. The number of aliphatic hydroxyl groups excluding tert-OH is 1. The molecule has 3 aliphatic rings. The van der Waals surface area contributed by atoms with Crippen molar-refractivity contribution in [2.75, 3.05) is 59.1 Å². The number of likely N-dealkylation sites (tertiary alicyclic amines) is 1. The molecular weight excluding hydrogens is 312 g/mol. The molecule has 1 unspecified atom stereocenters. The van der Waals surface area contributed by atoms with E-state index in [2.05, 4.69) is 10.0 Å². The zero-order chi connectivity index (χ0) is 16.9. The Morgan fingerprint density at radius 1 is 1.25 bits per heavy atom. The van der Waals surface area contributed by atoms with Crippen LogP contribution in [-0.4, -0.2) is 96.5 Å². The second kappa shape index (κ2) is 8.04. The second-order valence-corrected chi connectivity index (χ2v) is 6.61. The summed E-state index contributed by atoms with van der Waals surface area (Å²) in [6.07, 6.45) is 1.69. The minimum Gasteiger partial charge on any atom is -0.394 e. The highest BCUT2D eigenvalue weighted by molar-refractivity contribution is 6.39. The first-order valence-electron chi connectivity index (χ1n) is 8.75. The SMILES string of the molecule is O=C(C1=NN(CCO)C(=O)CC1)N1CCC(CN2CCOCC2)C1. The van der Waals surface area contributed by atoms with E-state index in [9.17, 15) is 9.59 Å². The molecule has 2 amide bonds. The smallest absolute Gasteiger partial charge is 0.270 e. The predicted molar refractivity (Wildman–Crippen MR) is 87.4 cm³/mol. The molecule has 8 nitrogen and oxygen atoms in total. The van der Waals surface area contributed by atoms with Crippen LogP contribution in [0.1, 0.15) is 19.3 Å². The van der Waals surface area contributed by atoms with Crippen LogP contribution in [0, 0.1) is 5.92 Å². The van der Waals surface area contributed by atoms with Gasteiger partial charge in [0.1, 0.15) is 5.71 Å². The molecule has 1 atom stereocenters. The Balaban J connectivity index is 1.54. The lowest BCUT2D eigenvalue weighted by Crippen LogP contribution is -2.42. The Morgan fingerprint density at radius 3 is 2.79 bits per heavy atom. The molecule has 0 aromatic heterocycles. The van der Waals surface area contributed by atoms with E-state index in [-0.39, 0.29) is 31.4 Å². The number of morpholine rings is 1. The first-order valence-corrected chi connectivity index (χ1v) is 8.75. The third kappa shape index (κ3) is 4.12. The molecule has 0 spiro atoms. The lowest BCUT2D eigenvalue weighted by atomic mass is 10.1. The van der Waals surface area contributed by atoms with E-state index in [1.165, 1.54) is 5.01 Å².